The van der Waals surface area contributed by atoms with Gasteiger partial charge in [0.25, 0.3) is 0 Å². The number of hydrogen-bond acceptors (Lipinski definition) is 4. The van der Waals surface area contributed by atoms with Crippen molar-refractivity contribution in [3.8, 4) is 0 Å². The second-order valence-electron chi connectivity index (χ2n) is 11.1. The Bertz CT molecular complexity index is 1610. The Kier molecular flexibility index (Phi) is 13.6. The Hall–Kier alpha value is -3.46. The van der Waals surface area contributed by atoms with E-state index in [4.69, 9.17) is 29.4 Å². The molecule has 0 atom stereocenters. The van der Waals surface area contributed by atoms with Gasteiger partial charge in [0.05, 0.1) is 0 Å². The van der Waals surface area contributed by atoms with Gasteiger partial charge < -0.3 is 0 Å². The Labute approximate surface area is 290 Å². The number of carbonyl (C=O) groups excluding carboxylic acids is 2. The van der Waals surface area contributed by atoms with Crippen LogP contribution in [0.25, 0.3) is 23.3 Å². The van der Waals surface area contributed by atoms with Gasteiger partial charge in [0.2, 0.25) is 0 Å². The van der Waals surface area contributed by atoms with E-state index in [2.05, 4.69) is 0 Å². The molecule has 0 fully saturated rings. The summed E-state index contributed by atoms with van der Waals surface area (Å²) < 4.78 is 42.1. The first-order valence-electron chi connectivity index (χ1n) is 15.5. The van der Waals surface area contributed by atoms with Crippen molar-refractivity contribution in [2.24, 2.45) is 0 Å². The van der Waals surface area contributed by atoms with Crippen molar-refractivity contribution in [2.45, 2.75) is 48.4 Å². The summed E-state index contributed by atoms with van der Waals surface area (Å²) in [7, 11) is 0. The zero-order chi connectivity index (χ0) is 33.8. The molecule has 4 aromatic carbocycles. The number of halogens is 4. The third kappa shape index (κ3) is 10.8. The summed E-state index contributed by atoms with van der Waals surface area (Å²) in [5.41, 5.74) is 2.35. The first-order valence-corrected chi connectivity index (χ1v) is 22.7. The molecule has 9 heteroatoms. The molecule has 0 spiro atoms. The molecular weight excluding hydrogens is 748 g/mol. The summed E-state index contributed by atoms with van der Waals surface area (Å²) in [6, 6.07) is 25.2. The van der Waals surface area contributed by atoms with Crippen molar-refractivity contribution in [1.82, 2.24) is 0 Å². The van der Waals surface area contributed by atoms with Gasteiger partial charge in [0, 0.05) is 0 Å². The van der Waals surface area contributed by atoms with Crippen LogP contribution in [-0.4, -0.2) is 31.1 Å². The molecule has 244 valence electrons. The van der Waals surface area contributed by atoms with Crippen LogP contribution in [-0.2, 0) is 15.7 Å². The number of unbranched alkanes of at least 4 members (excludes halogenated alkanes) is 2. The topological polar surface area (TPSA) is 52.6 Å². The molecule has 0 N–H and O–H groups in total. The Morgan fingerprint density at radius 1 is 0.638 bits per heavy atom. The quantitative estimate of drug-likeness (QED) is 0.0726. The van der Waals surface area contributed by atoms with Crippen LogP contribution in [0.3, 0.4) is 0 Å². The van der Waals surface area contributed by atoms with Crippen molar-refractivity contribution in [3.63, 3.8) is 0 Å². The van der Waals surface area contributed by atoms with Gasteiger partial charge in [0.1, 0.15) is 0 Å². The number of rotatable bonds is 14. The number of benzene rings is 4. The second-order valence-corrected chi connectivity index (χ2v) is 21.2. The monoisotopic (exact) mass is 784 g/mol. The van der Waals surface area contributed by atoms with Gasteiger partial charge in [0.15, 0.2) is 0 Å². The molecule has 4 rings (SSSR count). The molecule has 0 aliphatic heterocycles. The minimum absolute atomic E-state index is 0.186. The molecule has 4 nitrogen and oxygen atoms in total. The molecule has 0 saturated heterocycles. The van der Waals surface area contributed by atoms with Crippen LogP contribution in [0.4, 0.5) is 8.78 Å². The molecule has 0 unspecified atom stereocenters. The normalized spacial score (nSPS) is 12.1. The zero-order valence-corrected chi connectivity index (χ0v) is 30.6. The van der Waals surface area contributed by atoms with Crippen LogP contribution in [0.2, 0.25) is 18.9 Å². The maximum atomic E-state index is 14.2. The van der Waals surface area contributed by atoms with Gasteiger partial charge in [-0.05, 0) is 0 Å². The van der Waals surface area contributed by atoms with E-state index in [0.29, 0.717) is 54.0 Å². The predicted molar refractivity (Wildman–Crippen MR) is 189 cm³/mol. The third-order valence-electron chi connectivity index (χ3n) is 7.45. The average molecular weight is 784 g/mol. The van der Waals surface area contributed by atoms with Crippen LogP contribution < -0.4 is 0 Å². The van der Waals surface area contributed by atoms with Gasteiger partial charge in [-0.1, -0.05) is 0 Å². The molecule has 0 bridgehead atoms. The van der Waals surface area contributed by atoms with E-state index in [1.165, 1.54) is 24.3 Å². The van der Waals surface area contributed by atoms with Gasteiger partial charge in [-0.25, -0.2) is 0 Å². The van der Waals surface area contributed by atoms with Crippen LogP contribution in [0.15, 0.2) is 97.1 Å². The first-order chi connectivity index (χ1) is 22.6. The van der Waals surface area contributed by atoms with Gasteiger partial charge in [-0.2, -0.15) is 0 Å². The van der Waals surface area contributed by atoms with Crippen LogP contribution in [0.1, 0.15) is 61.8 Å². The molecule has 0 radical (unpaired) electrons. The molecule has 4 aromatic rings. The van der Waals surface area contributed by atoms with Crippen molar-refractivity contribution >= 4 is 77.6 Å². The summed E-state index contributed by atoms with van der Waals surface area (Å²) >= 11 is 7.66. The number of hydrogen-bond donors (Lipinski definition) is 0. The molecule has 0 heterocycles. The van der Waals surface area contributed by atoms with E-state index in [1.807, 2.05) is 13.8 Å². The maximum absolute atomic E-state index is 14.2. The summed E-state index contributed by atoms with van der Waals surface area (Å²) in [6.45, 7) is 4.04. The summed E-state index contributed by atoms with van der Waals surface area (Å²) in [5.74, 6) is -2.21. The fourth-order valence-electron chi connectivity index (χ4n) is 5.00. The van der Waals surface area contributed by atoms with E-state index < -0.39 is 42.8 Å². The Morgan fingerprint density at radius 3 is 1.36 bits per heavy atom. The molecular formula is C38H36Cl2F2O4Sn. The Morgan fingerprint density at radius 2 is 1.02 bits per heavy atom. The number of carbonyl (C=O) groups is 2. The molecule has 0 aliphatic rings. The summed E-state index contributed by atoms with van der Waals surface area (Å²) in [4.78, 5) is 28.4. The van der Waals surface area contributed by atoms with E-state index in [9.17, 15) is 18.4 Å². The SMILES string of the molecule is CCC[CH2][Sn]([CH2]CCC)([O]C(=O)/C(=C/c1cccc(F)c1)c1ccc(Cl)cc1)[O]C(=O)/C(=C/c1cccc(F)c1)c1ccc(Cl)cc1. The van der Waals surface area contributed by atoms with E-state index in [-0.39, 0.29) is 11.1 Å². The summed E-state index contributed by atoms with van der Waals surface area (Å²) in [5, 5.41) is 0.973. The van der Waals surface area contributed by atoms with Crippen molar-refractivity contribution < 1.29 is 24.5 Å². The van der Waals surface area contributed by atoms with E-state index in [1.54, 1.807) is 84.9 Å². The predicted octanol–water partition coefficient (Wildman–Crippen LogP) is 11.2. The van der Waals surface area contributed by atoms with Gasteiger partial charge in [-0.3, -0.25) is 0 Å². The fourth-order valence-corrected chi connectivity index (χ4v) is 14.9. The molecule has 0 aromatic heterocycles. The Balaban J connectivity index is 1.79. The molecule has 0 aliphatic carbocycles. The van der Waals surface area contributed by atoms with Crippen molar-refractivity contribution in [1.29, 1.82) is 0 Å². The zero-order valence-electron chi connectivity index (χ0n) is 26.3. The standard InChI is InChI=1S/2C15H10ClFO2.2C4H9.Sn/c2*16-12-6-4-11(5-7-12)14(15(18)19)9-10-2-1-3-13(17)8-10;2*1-3-4-2;/h2*1-9H,(H,18,19);2*1,3-4H2,2H3;/q;;;;+2/p-2/b2*14-9+;;;. The fraction of sp³-hybridized carbons (Fsp3) is 0.211. The minimum atomic E-state index is -4.63. The van der Waals surface area contributed by atoms with Gasteiger partial charge >= 0.3 is 292 Å². The van der Waals surface area contributed by atoms with Crippen LogP contribution >= 0.6 is 23.2 Å². The van der Waals surface area contributed by atoms with Crippen molar-refractivity contribution in [3.05, 3.63) is 141 Å². The van der Waals surface area contributed by atoms with Gasteiger partial charge in [-0.15, -0.1) is 0 Å². The molecule has 47 heavy (non-hydrogen) atoms. The molecule has 0 amide bonds. The van der Waals surface area contributed by atoms with Crippen molar-refractivity contribution in [2.75, 3.05) is 0 Å². The first kappa shape index (κ1) is 36.4. The third-order valence-corrected chi connectivity index (χ3v) is 17.5. The van der Waals surface area contributed by atoms with E-state index >= 15 is 0 Å². The van der Waals surface area contributed by atoms with Crippen LogP contribution in [0, 0.1) is 11.6 Å². The van der Waals surface area contributed by atoms with E-state index in [0.717, 1.165) is 12.8 Å². The second kappa shape index (κ2) is 17.6. The average Bonchev–Trinajstić information content (AvgIpc) is 3.05. The summed E-state index contributed by atoms with van der Waals surface area (Å²) in [6.07, 6.45) is 6.10. The van der Waals surface area contributed by atoms with Crippen LogP contribution in [0.5, 0.6) is 0 Å². The molecule has 0 saturated carbocycles.